The third-order valence-electron chi connectivity index (χ3n) is 2.64. The van der Waals surface area contributed by atoms with Crippen LogP contribution in [-0.4, -0.2) is 13.7 Å². The zero-order chi connectivity index (χ0) is 12.0. The largest absolute Gasteiger partial charge is 0.491 e. The van der Waals surface area contributed by atoms with Crippen LogP contribution in [0.25, 0.3) is 0 Å². The average Bonchev–Trinajstić information content (AvgIpc) is 2.30. The monoisotopic (exact) mass is 225 g/mol. The molecule has 0 radical (unpaired) electrons. The van der Waals surface area contributed by atoms with Gasteiger partial charge in [-0.25, -0.2) is 4.39 Å². The van der Waals surface area contributed by atoms with Crippen molar-refractivity contribution in [3.8, 4) is 5.75 Å². The Bertz CT molecular complexity index is 328. The summed E-state index contributed by atoms with van der Waals surface area (Å²) < 4.78 is 19.0. The molecule has 0 heterocycles. The van der Waals surface area contributed by atoms with Gasteiger partial charge in [-0.15, -0.1) is 0 Å². The summed E-state index contributed by atoms with van der Waals surface area (Å²) in [5.74, 6) is 0.0659. The van der Waals surface area contributed by atoms with E-state index in [1.54, 1.807) is 6.07 Å². The molecular formula is C13H20FNO. The van der Waals surface area contributed by atoms with Gasteiger partial charge in [0.1, 0.15) is 0 Å². The van der Waals surface area contributed by atoms with Crippen molar-refractivity contribution in [2.24, 2.45) is 0 Å². The van der Waals surface area contributed by atoms with Crippen molar-refractivity contribution < 1.29 is 9.13 Å². The summed E-state index contributed by atoms with van der Waals surface area (Å²) in [5.41, 5.74) is 0.933. The van der Waals surface area contributed by atoms with Gasteiger partial charge in [0, 0.05) is 6.04 Å². The van der Waals surface area contributed by atoms with Crippen molar-refractivity contribution in [2.45, 2.75) is 32.7 Å². The number of benzene rings is 1. The van der Waals surface area contributed by atoms with Gasteiger partial charge in [0.05, 0.1) is 6.61 Å². The summed E-state index contributed by atoms with van der Waals surface area (Å²) in [4.78, 5) is 0. The van der Waals surface area contributed by atoms with Gasteiger partial charge in [0.25, 0.3) is 0 Å². The Balaban J connectivity index is 2.67. The van der Waals surface area contributed by atoms with E-state index < -0.39 is 0 Å². The van der Waals surface area contributed by atoms with Crippen LogP contribution < -0.4 is 10.1 Å². The molecule has 1 atom stereocenters. The second kappa shape index (κ2) is 6.48. The number of nitrogens with one attached hydrogen (secondary N) is 1. The molecule has 0 aliphatic heterocycles. The van der Waals surface area contributed by atoms with Gasteiger partial charge in [0.2, 0.25) is 0 Å². The zero-order valence-corrected chi connectivity index (χ0v) is 10.2. The number of rotatable bonds is 6. The molecule has 0 saturated heterocycles. The molecule has 0 aliphatic rings. The summed E-state index contributed by atoms with van der Waals surface area (Å²) in [6, 6.07) is 5.28. The molecule has 0 fully saturated rings. The van der Waals surface area contributed by atoms with Crippen molar-refractivity contribution >= 4 is 0 Å². The highest BCUT2D eigenvalue weighted by Crippen LogP contribution is 2.22. The van der Waals surface area contributed by atoms with Crippen LogP contribution in [0, 0.1) is 5.82 Å². The predicted octanol–water partition coefficient (Wildman–Crippen LogP) is 3.29. The van der Waals surface area contributed by atoms with Crippen LogP contribution in [0.5, 0.6) is 5.75 Å². The van der Waals surface area contributed by atoms with E-state index in [4.69, 9.17) is 4.74 Å². The van der Waals surface area contributed by atoms with Gasteiger partial charge in [-0.2, -0.15) is 0 Å². The molecule has 1 N–H and O–H groups in total. The summed E-state index contributed by atoms with van der Waals surface area (Å²) in [6.07, 6.45) is 2.00. The SMILES string of the molecule is CCCCOc1ccc(C(C)NC)cc1F. The van der Waals surface area contributed by atoms with Gasteiger partial charge < -0.3 is 10.1 Å². The Morgan fingerprint density at radius 1 is 1.44 bits per heavy atom. The second-order valence-corrected chi connectivity index (χ2v) is 3.90. The fraction of sp³-hybridized carbons (Fsp3) is 0.538. The van der Waals surface area contributed by atoms with E-state index in [1.165, 1.54) is 6.07 Å². The van der Waals surface area contributed by atoms with E-state index in [0.717, 1.165) is 18.4 Å². The Morgan fingerprint density at radius 2 is 2.19 bits per heavy atom. The van der Waals surface area contributed by atoms with Crippen LogP contribution in [-0.2, 0) is 0 Å². The highest BCUT2D eigenvalue weighted by molar-refractivity contribution is 5.30. The minimum absolute atomic E-state index is 0.152. The number of hydrogen-bond acceptors (Lipinski definition) is 2. The first-order valence-electron chi connectivity index (χ1n) is 5.78. The summed E-state index contributed by atoms with van der Waals surface area (Å²) in [5, 5.41) is 3.07. The van der Waals surface area contributed by atoms with Crippen molar-refractivity contribution in [2.75, 3.05) is 13.7 Å². The van der Waals surface area contributed by atoms with Crippen LogP contribution in [0.2, 0.25) is 0 Å². The standard InChI is InChI=1S/C13H20FNO/c1-4-5-8-16-13-7-6-11(9-12(13)14)10(2)15-3/h6-7,9-10,15H,4-5,8H2,1-3H3. The molecule has 0 amide bonds. The topological polar surface area (TPSA) is 21.3 Å². The van der Waals surface area contributed by atoms with E-state index in [1.807, 2.05) is 20.0 Å². The second-order valence-electron chi connectivity index (χ2n) is 3.90. The molecule has 0 aromatic heterocycles. The van der Waals surface area contributed by atoms with Crippen LogP contribution in [0.1, 0.15) is 38.3 Å². The van der Waals surface area contributed by atoms with Crippen molar-refractivity contribution in [3.63, 3.8) is 0 Å². The maximum atomic E-state index is 13.6. The lowest BCUT2D eigenvalue weighted by Crippen LogP contribution is -2.12. The molecule has 3 heteroatoms. The molecular weight excluding hydrogens is 205 g/mol. The molecule has 1 aromatic carbocycles. The molecule has 0 saturated carbocycles. The third kappa shape index (κ3) is 3.49. The lowest BCUT2D eigenvalue weighted by atomic mass is 10.1. The molecule has 16 heavy (non-hydrogen) atoms. The highest BCUT2D eigenvalue weighted by atomic mass is 19.1. The molecule has 2 nitrogen and oxygen atoms in total. The molecule has 0 bridgehead atoms. The van der Waals surface area contributed by atoms with E-state index >= 15 is 0 Å². The molecule has 1 unspecified atom stereocenters. The summed E-state index contributed by atoms with van der Waals surface area (Å²) in [6.45, 7) is 4.65. The van der Waals surface area contributed by atoms with E-state index in [0.29, 0.717) is 12.4 Å². The van der Waals surface area contributed by atoms with Crippen molar-refractivity contribution in [1.82, 2.24) is 5.32 Å². The minimum atomic E-state index is -0.282. The maximum absolute atomic E-state index is 13.6. The fourth-order valence-electron chi connectivity index (χ4n) is 1.40. The fourth-order valence-corrected chi connectivity index (χ4v) is 1.40. The Labute approximate surface area is 96.8 Å². The third-order valence-corrected chi connectivity index (χ3v) is 2.64. The Hall–Kier alpha value is -1.09. The number of hydrogen-bond donors (Lipinski definition) is 1. The first-order chi connectivity index (χ1) is 7.69. The van der Waals surface area contributed by atoms with Crippen molar-refractivity contribution in [1.29, 1.82) is 0 Å². The highest BCUT2D eigenvalue weighted by Gasteiger charge is 2.08. The van der Waals surface area contributed by atoms with E-state index in [2.05, 4.69) is 12.2 Å². The van der Waals surface area contributed by atoms with E-state index in [-0.39, 0.29) is 11.9 Å². The van der Waals surface area contributed by atoms with Crippen molar-refractivity contribution in [3.05, 3.63) is 29.6 Å². The molecule has 1 aromatic rings. The van der Waals surface area contributed by atoms with Gasteiger partial charge in [-0.1, -0.05) is 19.4 Å². The zero-order valence-electron chi connectivity index (χ0n) is 10.2. The lowest BCUT2D eigenvalue weighted by Gasteiger charge is -2.12. The van der Waals surface area contributed by atoms with Crippen LogP contribution in [0.15, 0.2) is 18.2 Å². The summed E-state index contributed by atoms with van der Waals surface area (Å²) in [7, 11) is 1.86. The molecule has 0 aliphatic carbocycles. The molecule has 0 spiro atoms. The van der Waals surface area contributed by atoms with Gasteiger partial charge in [-0.05, 0) is 38.1 Å². The molecule has 1 rings (SSSR count). The lowest BCUT2D eigenvalue weighted by molar-refractivity contribution is 0.294. The average molecular weight is 225 g/mol. The maximum Gasteiger partial charge on any atom is 0.165 e. The number of unbranched alkanes of at least 4 members (excludes halogenated alkanes) is 1. The van der Waals surface area contributed by atoms with Crippen LogP contribution >= 0.6 is 0 Å². The first-order valence-corrected chi connectivity index (χ1v) is 5.78. The first kappa shape index (κ1) is 13.0. The van der Waals surface area contributed by atoms with Crippen LogP contribution in [0.4, 0.5) is 4.39 Å². The summed E-state index contributed by atoms with van der Waals surface area (Å²) >= 11 is 0. The van der Waals surface area contributed by atoms with Crippen LogP contribution in [0.3, 0.4) is 0 Å². The Morgan fingerprint density at radius 3 is 2.75 bits per heavy atom. The quantitative estimate of drug-likeness (QED) is 0.750. The normalized spacial score (nSPS) is 12.5. The predicted molar refractivity (Wildman–Crippen MR) is 64.3 cm³/mol. The number of halogens is 1. The smallest absolute Gasteiger partial charge is 0.165 e. The minimum Gasteiger partial charge on any atom is -0.491 e. The molecule has 90 valence electrons. The number of ether oxygens (including phenoxy) is 1. The van der Waals surface area contributed by atoms with E-state index in [9.17, 15) is 4.39 Å². The van der Waals surface area contributed by atoms with Gasteiger partial charge in [0.15, 0.2) is 11.6 Å². The van der Waals surface area contributed by atoms with Gasteiger partial charge in [-0.3, -0.25) is 0 Å². The Kier molecular flexibility index (Phi) is 5.26. The van der Waals surface area contributed by atoms with Gasteiger partial charge >= 0.3 is 0 Å².